The molecule has 0 spiro atoms. The van der Waals surface area contributed by atoms with Crippen LogP contribution in [0, 0.1) is 0 Å². The van der Waals surface area contributed by atoms with Gasteiger partial charge in [-0.2, -0.15) is 0 Å². The topological polar surface area (TPSA) is 21.3 Å². The van der Waals surface area contributed by atoms with Gasteiger partial charge in [0.25, 0.3) is 0 Å². The van der Waals surface area contributed by atoms with Crippen molar-refractivity contribution in [2.75, 3.05) is 4.90 Å². The lowest BCUT2D eigenvalue weighted by atomic mass is 9.97. The molecule has 0 aliphatic heterocycles. The Bertz CT molecular complexity index is 4260. The Labute approximate surface area is 431 Å². The van der Waals surface area contributed by atoms with E-state index in [1.807, 2.05) is 12.1 Å². The van der Waals surface area contributed by atoms with Gasteiger partial charge in [-0.1, -0.05) is 201 Å². The molecule has 3 heteroatoms. The van der Waals surface area contributed by atoms with Gasteiger partial charge in [0.1, 0.15) is 11.2 Å². The van der Waals surface area contributed by atoms with Gasteiger partial charge in [-0.3, -0.25) is 0 Å². The normalized spacial score (nSPS) is 11.9. The monoisotopic (exact) mass is 946 g/mol. The van der Waals surface area contributed by atoms with Crippen molar-refractivity contribution in [3.05, 3.63) is 291 Å². The molecule has 3 nitrogen and oxygen atoms in total. The standard InChI is InChI=1S/C71H50N2O/c1-3-49(31-30-48(2)61-20-6-10-25-66(61)73-67-26-11-7-21-63(67)64-22-8-12-27-68(64)73)51-34-40-58(41-35-51)72(60-44-38-53(39-45-60)62-24-15-29-70-71(62)65-23-9-13-28-69(65)74-70)59-42-36-52(37-43-59)55-18-14-19-56(46-55)57-33-32-50-16-4-5-17-54(50)47-57/h3-47H,2H2,1H3/b31-30-,49-3+. The van der Waals surface area contributed by atoms with Crippen LogP contribution in [0.5, 0.6) is 0 Å². The highest BCUT2D eigenvalue weighted by Gasteiger charge is 2.18. The van der Waals surface area contributed by atoms with Gasteiger partial charge in [-0.15, -0.1) is 0 Å². The molecule has 13 rings (SSSR count). The van der Waals surface area contributed by atoms with Crippen LogP contribution in [0.3, 0.4) is 0 Å². The van der Waals surface area contributed by atoms with Crippen LogP contribution in [-0.4, -0.2) is 4.57 Å². The number of nitrogens with zero attached hydrogens (tertiary/aromatic N) is 2. The largest absolute Gasteiger partial charge is 0.456 e. The highest BCUT2D eigenvalue weighted by atomic mass is 16.3. The predicted molar refractivity (Wildman–Crippen MR) is 315 cm³/mol. The van der Waals surface area contributed by atoms with E-state index in [0.29, 0.717) is 0 Å². The second kappa shape index (κ2) is 18.8. The number of fused-ring (bicyclic) bond motifs is 7. The van der Waals surface area contributed by atoms with Crippen molar-refractivity contribution in [3.8, 4) is 39.1 Å². The summed E-state index contributed by atoms with van der Waals surface area (Å²) in [5.74, 6) is 0. The van der Waals surface area contributed by atoms with E-state index in [-0.39, 0.29) is 0 Å². The summed E-state index contributed by atoms with van der Waals surface area (Å²) in [5.41, 5.74) is 19.7. The first-order valence-electron chi connectivity index (χ1n) is 25.3. The fourth-order valence-corrected chi connectivity index (χ4v) is 10.9. The number of rotatable bonds is 11. The lowest BCUT2D eigenvalue weighted by Crippen LogP contribution is -2.10. The molecule has 0 radical (unpaired) electrons. The van der Waals surface area contributed by atoms with Gasteiger partial charge in [-0.05, 0) is 147 Å². The number of allylic oxidation sites excluding steroid dienone is 5. The first-order valence-corrected chi connectivity index (χ1v) is 25.3. The molecule has 0 N–H and O–H groups in total. The summed E-state index contributed by atoms with van der Waals surface area (Å²) in [6, 6.07) is 91.4. The van der Waals surface area contributed by atoms with Crippen LogP contribution in [0.1, 0.15) is 18.1 Å². The Balaban J connectivity index is 0.828. The fraction of sp³-hybridized carbons (Fsp3) is 0.0141. The van der Waals surface area contributed by atoms with Crippen LogP contribution in [0.4, 0.5) is 17.1 Å². The fourth-order valence-electron chi connectivity index (χ4n) is 10.9. The van der Waals surface area contributed by atoms with E-state index in [9.17, 15) is 0 Å². The first kappa shape index (κ1) is 44.3. The molecule has 0 aliphatic rings. The van der Waals surface area contributed by atoms with Crippen molar-refractivity contribution in [1.82, 2.24) is 4.57 Å². The van der Waals surface area contributed by atoms with E-state index in [2.05, 4.69) is 284 Å². The molecule has 0 saturated carbocycles. The number of benzene rings is 11. The minimum Gasteiger partial charge on any atom is -0.456 e. The van der Waals surface area contributed by atoms with Gasteiger partial charge in [-0.25, -0.2) is 0 Å². The Morgan fingerprint density at radius 2 is 0.973 bits per heavy atom. The van der Waals surface area contributed by atoms with Gasteiger partial charge in [0, 0.05) is 44.2 Å². The van der Waals surface area contributed by atoms with Crippen LogP contribution in [-0.2, 0) is 0 Å². The summed E-state index contributed by atoms with van der Waals surface area (Å²) >= 11 is 0. The van der Waals surface area contributed by atoms with E-state index in [4.69, 9.17) is 4.42 Å². The third kappa shape index (κ3) is 7.98. The van der Waals surface area contributed by atoms with Crippen LogP contribution in [0.15, 0.2) is 284 Å². The van der Waals surface area contributed by atoms with E-state index in [1.54, 1.807) is 0 Å². The molecule has 350 valence electrons. The highest BCUT2D eigenvalue weighted by Crippen LogP contribution is 2.41. The Hall–Kier alpha value is -9.70. The lowest BCUT2D eigenvalue weighted by molar-refractivity contribution is 0.669. The number of para-hydroxylation sites is 4. The molecule has 0 saturated heterocycles. The van der Waals surface area contributed by atoms with Gasteiger partial charge in [0.05, 0.1) is 16.7 Å². The molecule has 0 bridgehead atoms. The van der Waals surface area contributed by atoms with Gasteiger partial charge in [0.2, 0.25) is 0 Å². The number of furan rings is 1. The predicted octanol–water partition coefficient (Wildman–Crippen LogP) is 20.0. The Morgan fingerprint density at radius 3 is 1.69 bits per heavy atom. The number of anilines is 3. The molecule has 2 aromatic heterocycles. The lowest BCUT2D eigenvalue weighted by Gasteiger charge is -2.26. The average molecular weight is 947 g/mol. The zero-order valence-corrected chi connectivity index (χ0v) is 41.0. The van der Waals surface area contributed by atoms with Crippen molar-refractivity contribution >= 4 is 82.7 Å². The molecule has 0 atom stereocenters. The Morgan fingerprint density at radius 1 is 0.432 bits per heavy atom. The number of hydrogen-bond donors (Lipinski definition) is 0. The minimum absolute atomic E-state index is 0.890. The van der Waals surface area contributed by atoms with Crippen molar-refractivity contribution in [2.45, 2.75) is 6.92 Å². The van der Waals surface area contributed by atoms with E-state index in [0.717, 1.165) is 83.7 Å². The smallest absolute Gasteiger partial charge is 0.136 e. The second-order valence-electron chi connectivity index (χ2n) is 18.9. The Kier molecular flexibility index (Phi) is 11.2. The zero-order valence-electron chi connectivity index (χ0n) is 41.0. The zero-order chi connectivity index (χ0) is 49.5. The van der Waals surface area contributed by atoms with Gasteiger partial charge < -0.3 is 13.9 Å². The third-order valence-corrected chi connectivity index (χ3v) is 14.5. The maximum Gasteiger partial charge on any atom is 0.136 e. The molecule has 0 unspecified atom stereocenters. The summed E-state index contributed by atoms with van der Waals surface area (Å²) in [5, 5.41) is 7.22. The number of aromatic nitrogens is 1. The summed E-state index contributed by atoms with van der Waals surface area (Å²) < 4.78 is 8.65. The third-order valence-electron chi connectivity index (χ3n) is 14.5. The molecule has 0 fully saturated rings. The van der Waals surface area contributed by atoms with Crippen LogP contribution < -0.4 is 4.90 Å². The average Bonchev–Trinajstić information content (AvgIpc) is 4.03. The maximum atomic E-state index is 6.28. The quantitative estimate of drug-likeness (QED) is 0.121. The van der Waals surface area contributed by atoms with Crippen molar-refractivity contribution < 1.29 is 4.42 Å². The SMILES string of the molecule is C=C(/C=C\C(=C/C)c1ccc(N(c2ccc(-c3cccc(-c4ccc5ccccc5c4)c3)cc2)c2ccc(-c3cccc4oc5ccccc5c34)cc2)cc1)c1ccccc1-n1c2ccccc2c2ccccc21. The van der Waals surface area contributed by atoms with E-state index in [1.165, 1.54) is 49.3 Å². The first-order chi connectivity index (χ1) is 36.6. The van der Waals surface area contributed by atoms with E-state index < -0.39 is 0 Å². The van der Waals surface area contributed by atoms with Crippen LogP contribution in [0.2, 0.25) is 0 Å². The molecule has 11 aromatic carbocycles. The van der Waals surface area contributed by atoms with Gasteiger partial charge in [0.15, 0.2) is 0 Å². The molecule has 0 aliphatic carbocycles. The van der Waals surface area contributed by atoms with Crippen molar-refractivity contribution in [3.63, 3.8) is 0 Å². The molecule has 74 heavy (non-hydrogen) atoms. The van der Waals surface area contributed by atoms with E-state index >= 15 is 0 Å². The molecule has 2 heterocycles. The highest BCUT2D eigenvalue weighted by molar-refractivity contribution is 6.13. The molecule has 13 aromatic rings. The summed E-state index contributed by atoms with van der Waals surface area (Å²) in [7, 11) is 0. The maximum absolute atomic E-state index is 6.28. The summed E-state index contributed by atoms with van der Waals surface area (Å²) in [6.45, 7) is 6.72. The van der Waals surface area contributed by atoms with Crippen LogP contribution >= 0.6 is 0 Å². The summed E-state index contributed by atoms with van der Waals surface area (Å²) in [4.78, 5) is 2.34. The molecule has 0 amide bonds. The summed E-state index contributed by atoms with van der Waals surface area (Å²) in [6.07, 6.45) is 6.51. The minimum atomic E-state index is 0.890. The molecular formula is C71H50N2O. The van der Waals surface area contributed by atoms with Crippen molar-refractivity contribution in [2.24, 2.45) is 0 Å². The molecular weight excluding hydrogens is 897 g/mol. The second-order valence-corrected chi connectivity index (χ2v) is 18.9. The van der Waals surface area contributed by atoms with Crippen LogP contribution in [0.25, 0.3) is 105 Å². The van der Waals surface area contributed by atoms with Crippen molar-refractivity contribution in [1.29, 1.82) is 0 Å². The van der Waals surface area contributed by atoms with Gasteiger partial charge >= 0.3 is 0 Å². The number of hydrogen-bond acceptors (Lipinski definition) is 2.